The van der Waals surface area contributed by atoms with Gasteiger partial charge < -0.3 is 4.57 Å². The van der Waals surface area contributed by atoms with E-state index in [4.69, 9.17) is 9.97 Å². The molecule has 48 heavy (non-hydrogen) atoms. The van der Waals surface area contributed by atoms with Gasteiger partial charge in [0.2, 0.25) is 5.95 Å². The fourth-order valence-corrected chi connectivity index (χ4v) is 7.36. The van der Waals surface area contributed by atoms with Gasteiger partial charge in [0.15, 0.2) is 0 Å². The first-order chi connectivity index (χ1) is 23.8. The van der Waals surface area contributed by atoms with Gasteiger partial charge in [0.25, 0.3) is 0 Å². The molecule has 4 heteroatoms. The maximum atomic E-state index is 5.17. The minimum atomic E-state index is 0.652. The lowest BCUT2D eigenvalue weighted by Gasteiger charge is -2.11. The quantitative estimate of drug-likeness (QED) is 0.198. The topological polar surface area (TPSA) is 35.6 Å². The van der Waals surface area contributed by atoms with Gasteiger partial charge in [0.05, 0.1) is 27.8 Å². The molecular formula is C44H28N4. The first kappa shape index (κ1) is 26.7. The molecule has 0 atom stereocenters. The fraction of sp³-hybridized carbons (Fsp3) is 0. The van der Waals surface area contributed by atoms with Crippen LogP contribution in [0, 0.1) is 0 Å². The lowest BCUT2D eigenvalue weighted by atomic mass is 9.99. The number of nitrogens with zero attached hydrogens (tertiary/aromatic N) is 4. The van der Waals surface area contributed by atoms with Crippen molar-refractivity contribution in [2.75, 3.05) is 0 Å². The highest BCUT2D eigenvalue weighted by molar-refractivity contribution is 6.12. The standard InChI is InChI=1S/C44H28N4/c1-2-11-30-26-32(21-20-29(30)10-1)31-12-9-13-33(27-31)39-24-25-45-44(46-39)48-42-19-8-5-16-37(42)38-28-34(22-23-43(38)48)47-40-17-6-3-14-35(40)36-15-4-7-18-41(36)47/h1-28H. The maximum Gasteiger partial charge on any atom is 0.235 e. The third-order valence-corrected chi connectivity index (χ3v) is 9.58. The summed E-state index contributed by atoms with van der Waals surface area (Å²) >= 11 is 0. The molecule has 0 saturated carbocycles. The number of rotatable bonds is 4. The summed E-state index contributed by atoms with van der Waals surface area (Å²) in [6.45, 7) is 0. The second-order valence-corrected chi connectivity index (χ2v) is 12.3. The van der Waals surface area contributed by atoms with Crippen LogP contribution >= 0.6 is 0 Å². The molecule has 7 aromatic carbocycles. The molecule has 0 amide bonds. The Labute approximate surface area is 276 Å². The van der Waals surface area contributed by atoms with E-state index >= 15 is 0 Å². The van der Waals surface area contributed by atoms with Gasteiger partial charge in [0.1, 0.15) is 0 Å². The monoisotopic (exact) mass is 612 g/mol. The van der Waals surface area contributed by atoms with Crippen LogP contribution in [0.2, 0.25) is 0 Å². The minimum Gasteiger partial charge on any atom is -0.309 e. The van der Waals surface area contributed by atoms with E-state index in [9.17, 15) is 0 Å². The third kappa shape index (κ3) is 4.10. The molecule has 0 saturated heterocycles. The summed E-state index contributed by atoms with van der Waals surface area (Å²) in [7, 11) is 0. The predicted octanol–water partition coefficient (Wildman–Crippen LogP) is 11.2. The highest BCUT2D eigenvalue weighted by atomic mass is 15.2. The summed E-state index contributed by atoms with van der Waals surface area (Å²) in [6.07, 6.45) is 1.87. The van der Waals surface area contributed by atoms with Crippen LogP contribution in [0.4, 0.5) is 0 Å². The molecule has 0 radical (unpaired) electrons. The molecule has 4 nitrogen and oxygen atoms in total. The van der Waals surface area contributed by atoms with E-state index in [-0.39, 0.29) is 0 Å². The first-order valence-electron chi connectivity index (χ1n) is 16.2. The Morgan fingerprint density at radius 2 is 0.979 bits per heavy atom. The Bertz CT molecular complexity index is 2800. The number of hydrogen-bond acceptors (Lipinski definition) is 2. The zero-order chi connectivity index (χ0) is 31.6. The van der Waals surface area contributed by atoms with Crippen molar-refractivity contribution in [3.05, 3.63) is 170 Å². The van der Waals surface area contributed by atoms with E-state index in [2.05, 4.69) is 167 Å². The lowest BCUT2D eigenvalue weighted by molar-refractivity contribution is 0.992. The van der Waals surface area contributed by atoms with Crippen LogP contribution in [-0.4, -0.2) is 19.1 Å². The van der Waals surface area contributed by atoms with Gasteiger partial charge >= 0.3 is 0 Å². The summed E-state index contributed by atoms with van der Waals surface area (Å²) in [5.74, 6) is 0.652. The second-order valence-electron chi connectivity index (χ2n) is 12.3. The Balaban J connectivity index is 1.12. The number of aromatic nitrogens is 4. The third-order valence-electron chi connectivity index (χ3n) is 9.58. The van der Waals surface area contributed by atoms with Crippen molar-refractivity contribution in [1.82, 2.24) is 19.1 Å². The minimum absolute atomic E-state index is 0.652. The van der Waals surface area contributed by atoms with E-state index in [1.165, 1.54) is 43.5 Å². The van der Waals surface area contributed by atoms with Gasteiger partial charge in [-0.15, -0.1) is 0 Å². The van der Waals surface area contributed by atoms with Crippen molar-refractivity contribution >= 4 is 54.4 Å². The summed E-state index contributed by atoms with van der Waals surface area (Å²) < 4.78 is 4.56. The van der Waals surface area contributed by atoms with Gasteiger partial charge in [-0.05, 0) is 76.5 Å². The van der Waals surface area contributed by atoms with Crippen LogP contribution in [0.1, 0.15) is 0 Å². The molecule has 0 N–H and O–H groups in total. The predicted molar refractivity (Wildman–Crippen MR) is 199 cm³/mol. The average Bonchev–Trinajstić information content (AvgIpc) is 3.67. The Hall–Kier alpha value is -6.52. The molecule has 10 aromatic rings. The van der Waals surface area contributed by atoms with Gasteiger partial charge in [-0.2, -0.15) is 0 Å². The molecule has 0 aliphatic carbocycles. The lowest BCUT2D eigenvalue weighted by Crippen LogP contribution is -2.02. The molecular weight excluding hydrogens is 585 g/mol. The molecule has 0 bridgehead atoms. The molecule has 0 spiro atoms. The Morgan fingerprint density at radius 1 is 0.375 bits per heavy atom. The highest BCUT2D eigenvalue weighted by Gasteiger charge is 2.17. The first-order valence-corrected chi connectivity index (χ1v) is 16.2. The second kappa shape index (κ2) is 10.5. The van der Waals surface area contributed by atoms with Crippen LogP contribution in [-0.2, 0) is 0 Å². The zero-order valence-corrected chi connectivity index (χ0v) is 26.0. The van der Waals surface area contributed by atoms with Crippen LogP contribution < -0.4 is 0 Å². The Kier molecular flexibility index (Phi) is 5.84. The van der Waals surface area contributed by atoms with Crippen LogP contribution in [0.3, 0.4) is 0 Å². The van der Waals surface area contributed by atoms with E-state index in [0.717, 1.165) is 38.9 Å². The van der Waals surface area contributed by atoms with Gasteiger partial charge in [-0.3, -0.25) is 4.57 Å². The molecule has 3 aromatic heterocycles. The summed E-state index contributed by atoms with van der Waals surface area (Å²) in [6, 6.07) is 58.3. The molecule has 0 aliphatic heterocycles. The molecule has 224 valence electrons. The number of hydrogen-bond donors (Lipinski definition) is 0. The Morgan fingerprint density at radius 3 is 1.75 bits per heavy atom. The van der Waals surface area contributed by atoms with E-state index in [1.807, 2.05) is 12.3 Å². The summed E-state index contributed by atoms with van der Waals surface area (Å²) in [4.78, 5) is 9.99. The molecule has 10 rings (SSSR count). The van der Waals surface area contributed by atoms with Gasteiger partial charge in [-0.25, -0.2) is 9.97 Å². The molecule has 3 heterocycles. The van der Waals surface area contributed by atoms with Crippen molar-refractivity contribution in [3.8, 4) is 34.0 Å². The highest BCUT2D eigenvalue weighted by Crippen LogP contribution is 2.37. The largest absolute Gasteiger partial charge is 0.309 e. The van der Waals surface area contributed by atoms with Crippen molar-refractivity contribution in [3.63, 3.8) is 0 Å². The fourth-order valence-electron chi connectivity index (χ4n) is 7.36. The van der Waals surface area contributed by atoms with Crippen molar-refractivity contribution in [2.45, 2.75) is 0 Å². The normalized spacial score (nSPS) is 11.8. The van der Waals surface area contributed by atoms with Gasteiger partial charge in [-0.1, -0.05) is 109 Å². The maximum absolute atomic E-state index is 5.17. The van der Waals surface area contributed by atoms with E-state index < -0.39 is 0 Å². The van der Waals surface area contributed by atoms with Crippen molar-refractivity contribution in [2.24, 2.45) is 0 Å². The summed E-state index contributed by atoms with van der Waals surface area (Å²) in [5.41, 5.74) is 9.96. The molecule has 0 aliphatic rings. The smallest absolute Gasteiger partial charge is 0.235 e. The van der Waals surface area contributed by atoms with Gasteiger partial charge in [0, 0.05) is 39.0 Å². The SMILES string of the molecule is c1cc(-c2ccc3ccccc3c2)cc(-c2ccnc(-n3c4ccccc4c4cc(-n5c6ccccc6c6ccccc65)ccc43)n2)c1. The van der Waals surface area contributed by atoms with Crippen molar-refractivity contribution < 1.29 is 0 Å². The number of benzene rings is 7. The van der Waals surface area contributed by atoms with Crippen molar-refractivity contribution in [1.29, 1.82) is 0 Å². The number of fused-ring (bicyclic) bond motifs is 7. The van der Waals surface area contributed by atoms with E-state index in [1.54, 1.807) is 0 Å². The molecule has 0 unspecified atom stereocenters. The zero-order valence-electron chi connectivity index (χ0n) is 26.0. The number of para-hydroxylation sites is 3. The average molecular weight is 613 g/mol. The summed E-state index contributed by atoms with van der Waals surface area (Å²) in [5, 5.41) is 7.32. The van der Waals surface area contributed by atoms with Crippen LogP contribution in [0.5, 0.6) is 0 Å². The molecule has 0 fully saturated rings. The van der Waals surface area contributed by atoms with Crippen LogP contribution in [0.25, 0.3) is 88.4 Å². The van der Waals surface area contributed by atoms with E-state index in [0.29, 0.717) is 5.95 Å². The van der Waals surface area contributed by atoms with Crippen LogP contribution in [0.15, 0.2) is 170 Å².